The van der Waals surface area contributed by atoms with Crippen molar-refractivity contribution in [1.29, 1.82) is 0 Å². The van der Waals surface area contributed by atoms with E-state index in [9.17, 15) is 14.4 Å². The molecule has 0 aliphatic carbocycles. The molecule has 1 aliphatic heterocycles. The van der Waals surface area contributed by atoms with Crippen molar-refractivity contribution in [2.24, 2.45) is 5.92 Å². The summed E-state index contributed by atoms with van der Waals surface area (Å²) in [5.74, 6) is 0.985. The molecule has 0 bridgehead atoms. The van der Waals surface area contributed by atoms with E-state index in [1.54, 1.807) is 19.2 Å². The normalized spacial score (nSPS) is 20.8. The molecule has 0 atom stereocenters. The zero-order valence-corrected chi connectivity index (χ0v) is 19.3. The molecule has 1 aliphatic rings. The standard InChI is InChI=1S/C25H34FN3O3/c1-19(2)18-32-24-10-6-20(7-11-24)16-27-25(30)28(17-21-4-8-22(26)9-5-21)23-12-14-29(3,31)15-13-23/h4-11,19,23,31H,12-18H2,1-3H3/p+1. The highest BCUT2D eigenvalue weighted by Gasteiger charge is 2.34. The number of piperidine rings is 1. The summed E-state index contributed by atoms with van der Waals surface area (Å²) in [7, 11) is 1.79. The van der Waals surface area contributed by atoms with Crippen LogP contribution in [0.1, 0.15) is 37.8 Å². The summed E-state index contributed by atoms with van der Waals surface area (Å²) >= 11 is 0. The summed E-state index contributed by atoms with van der Waals surface area (Å²) < 4.78 is 19.0. The van der Waals surface area contributed by atoms with E-state index in [1.807, 2.05) is 29.2 Å². The van der Waals surface area contributed by atoms with E-state index in [0.717, 1.165) is 16.9 Å². The summed E-state index contributed by atoms with van der Waals surface area (Å²) in [5.41, 5.74) is 1.86. The van der Waals surface area contributed by atoms with Gasteiger partial charge in [0.05, 0.1) is 13.7 Å². The molecule has 2 N–H and O–H groups in total. The molecule has 6 nitrogen and oxygen atoms in total. The van der Waals surface area contributed by atoms with E-state index >= 15 is 0 Å². The Morgan fingerprint density at radius 3 is 2.31 bits per heavy atom. The van der Waals surface area contributed by atoms with Crippen LogP contribution in [0.4, 0.5) is 9.18 Å². The van der Waals surface area contributed by atoms with E-state index in [0.29, 0.717) is 51.5 Å². The van der Waals surface area contributed by atoms with Gasteiger partial charge in [0.15, 0.2) is 0 Å². The first kappa shape index (κ1) is 24.0. The maximum Gasteiger partial charge on any atom is 0.318 e. The lowest BCUT2D eigenvalue weighted by atomic mass is 10.0. The minimum atomic E-state index is -0.295. The summed E-state index contributed by atoms with van der Waals surface area (Å²) in [5, 5.41) is 13.3. The molecule has 174 valence electrons. The van der Waals surface area contributed by atoms with Crippen LogP contribution in [-0.2, 0) is 13.1 Å². The van der Waals surface area contributed by atoms with E-state index in [-0.39, 0.29) is 22.5 Å². The van der Waals surface area contributed by atoms with Crippen molar-refractivity contribution in [1.82, 2.24) is 10.2 Å². The van der Waals surface area contributed by atoms with E-state index in [2.05, 4.69) is 19.2 Å². The number of benzene rings is 2. The molecule has 2 aromatic rings. The average Bonchev–Trinajstić information content (AvgIpc) is 2.76. The van der Waals surface area contributed by atoms with Crippen LogP contribution in [0.15, 0.2) is 48.5 Å². The highest BCUT2D eigenvalue weighted by atomic mass is 19.1. The summed E-state index contributed by atoms with van der Waals surface area (Å²) in [6.07, 6.45) is 1.42. The van der Waals surface area contributed by atoms with Crippen LogP contribution < -0.4 is 10.1 Å². The zero-order chi connectivity index (χ0) is 23.1. The Hall–Kier alpha value is -2.64. The number of amides is 2. The smallest absolute Gasteiger partial charge is 0.318 e. The largest absolute Gasteiger partial charge is 0.493 e. The zero-order valence-electron chi connectivity index (χ0n) is 19.3. The predicted octanol–water partition coefficient (Wildman–Crippen LogP) is 4.57. The second-order valence-corrected chi connectivity index (χ2v) is 9.28. The van der Waals surface area contributed by atoms with Crippen LogP contribution in [0.5, 0.6) is 5.75 Å². The Bertz CT molecular complexity index is 859. The topological polar surface area (TPSA) is 61.8 Å². The van der Waals surface area contributed by atoms with E-state index < -0.39 is 0 Å². The van der Waals surface area contributed by atoms with Crippen LogP contribution in [0.3, 0.4) is 0 Å². The first-order chi connectivity index (χ1) is 15.2. The van der Waals surface area contributed by atoms with E-state index in [4.69, 9.17) is 4.74 Å². The van der Waals surface area contributed by atoms with Crippen molar-refractivity contribution < 1.29 is 23.8 Å². The van der Waals surface area contributed by atoms with Crippen molar-refractivity contribution in [2.75, 3.05) is 26.7 Å². The number of halogens is 1. The van der Waals surface area contributed by atoms with Crippen LogP contribution in [0.2, 0.25) is 0 Å². The number of rotatable bonds is 8. The van der Waals surface area contributed by atoms with Gasteiger partial charge in [0, 0.05) is 32.0 Å². The Morgan fingerprint density at radius 2 is 1.72 bits per heavy atom. The molecule has 0 saturated carbocycles. The molecular formula is C25H35FN3O3+. The fourth-order valence-corrected chi connectivity index (χ4v) is 3.82. The maximum atomic E-state index is 13.3. The third kappa shape index (κ3) is 7.21. The molecule has 1 fully saturated rings. The number of hydroxylamine groups is 3. The van der Waals surface area contributed by atoms with Gasteiger partial charge in [0.2, 0.25) is 0 Å². The Labute approximate surface area is 190 Å². The fraction of sp³-hybridized carbons (Fsp3) is 0.480. The Balaban J connectivity index is 1.63. The molecule has 1 saturated heterocycles. The van der Waals surface area contributed by atoms with Gasteiger partial charge < -0.3 is 15.0 Å². The average molecular weight is 445 g/mol. The second kappa shape index (κ2) is 10.8. The van der Waals surface area contributed by atoms with Gasteiger partial charge in [-0.1, -0.05) is 38.1 Å². The number of carbonyl (C=O) groups is 1. The third-order valence-corrected chi connectivity index (χ3v) is 5.81. The number of ether oxygens (including phenoxy) is 1. The third-order valence-electron chi connectivity index (χ3n) is 5.81. The van der Waals surface area contributed by atoms with Crippen molar-refractivity contribution >= 4 is 6.03 Å². The summed E-state index contributed by atoms with van der Waals surface area (Å²) in [6.45, 7) is 6.87. The van der Waals surface area contributed by atoms with Crippen LogP contribution in [0.25, 0.3) is 0 Å². The number of urea groups is 1. The van der Waals surface area contributed by atoms with Gasteiger partial charge in [0.25, 0.3) is 0 Å². The molecule has 2 amide bonds. The number of nitrogens with zero attached hydrogens (tertiary/aromatic N) is 2. The molecule has 0 aromatic heterocycles. The van der Waals surface area contributed by atoms with Crippen LogP contribution >= 0.6 is 0 Å². The first-order valence-corrected chi connectivity index (χ1v) is 11.3. The number of likely N-dealkylation sites (tertiary alicyclic amines) is 1. The maximum absolute atomic E-state index is 13.3. The Morgan fingerprint density at radius 1 is 1.12 bits per heavy atom. The SMILES string of the molecule is CC(C)COc1ccc(CNC(=O)N(Cc2ccc(F)cc2)C2CC[N+](C)(O)CC2)cc1. The molecule has 0 unspecified atom stereocenters. The highest BCUT2D eigenvalue weighted by Crippen LogP contribution is 2.22. The van der Waals surface area contributed by atoms with Gasteiger partial charge in [-0.15, -0.1) is 0 Å². The monoisotopic (exact) mass is 444 g/mol. The molecule has 0 spiro atoms. The van der Waals surface area contributed by atoms with Gasteiger partial charge in [0.1, 0.15) is 24.7 Å². The van der Waals surface area contributed by atoms with Gasteiger partial charge >= 0.3 is 6.03 Å². The lowest BCUT2D eigenvalue weighted by molar-refractivity contribution is -1.09. The number of nitrogens with one attached hydrogen (secondary N) is 1. The van der Waals surface area contributed by atoms with Gasteiger partial charge in [-0.2, -0.15) is 4.65 Å². The van der Waals surface area contributed by atoms with Crippen molar-refractivity contribution in [3.05, 3.63) is 65.5 Å². The summed E-state index contributed by atoms with van der Waals surface area (Å²) in [4.78, 5) is 15.0. The van der Waals surface area contributed by atoms with Crippen molar-refractivity contribution in [3.63, 3.8) is 0 Å². The molecule has 32 heavy (non-hydrogen) atoms. The van der Waals surface area contributed by atoms with Gasteiger partial charge in [-0.05, 0) is 41.3 Å². The van der Waals surface area contributed by atoms with Crippen LogP contribution in [0, 0.1) is 11.7 Å². The van der Waals surface area contributed by atoms with E-state index in [1.165, 1.54) is 12.1 Å². The van der Waals surface area contributed by atoms with Crippen molar-refractivity contribution in [3.8, 4) is 5.75 Å². The first-order valence-electron chi connectivity index (χ1n) is 11.3. The fourth-order valence-electron chi connectivity index (χ4n) is 3.82. The quantitative estimate of drug-likeness (QED) is 0.587. The minimum absolute atomic E-state index is 0.0187. The number of hydrogen-bond acceptors (Lipinski definition) is 3. The molecular weight excluding hydrogens is 409 g/mol. The van der Waals surface area contributed by atoms with Crippen LogP contribution in [-0.4, -0.2) is 53.6 Å². The predicted molar refractivity (Wildman–Crippen MR) is 122 cm³/mol. The second-order valence-electron chi connectivity index (χ2n) is 9.28. The lowest BCUT2D eigenvalue weighted by Gasteiger charge is -2.39. The van der Waals surface area contributed by atoms with Gasteiger partial charge in [-0.25, -0.2) is 14.4 Å². The number of hydrogen-bond donors (Lipinski definition) is 2. The molecule has 0 radical (unpaired) electrons. The molecule has 1 heterocycles. The minimum Gasteiger partial charge on any atom is -0.493 e. The number of quaternary nitrogens is 1. The Kier molecular flexibility index (Phi) is 8.10. The molecule has 7 heteroatoms. The molecule has 3 rings (SSSR count). The number of carbonyl (C=O) groups excluding carboxylic acids is 1. The lowest BCUT2D eigenvalue weighted by Crippen LogP contribution is -2.54. The van der Waals surface area contributed by atoms with Gasteiger partial charge in [-0.3, -0.25) is 0 Å². The highest BCUT2D eigenvalue weighted by molar-refractivity contribution is 5.74. The van der Waals surface area contributed by atoms with Crippen molar-refractivity contribution in [2.45, 2.75) is 45.8 Å². The summed E-state index contributed by atoms with van der Waals surface area (Å²) in [6, 6.07) is 13.8. The molecule has 2 aromatic carbocycles.